The van der Waals surface area contributed by atoms with E-state index < -0.39 is 5.54 Å². The van der Waals surface area contributed by atoms with Gasteiger partial charge in [0.25, 0.3) is 5.91 Å². The highest BCUT2D eigenvalue weighted by molar-refractivity contribution is 7.15. The monoisotopic (exact) mass is 404 g/mol. The van der Waals surface area contributed by atoms with Crippen LogP contribution in [0.2, 0.25) is 0 Å². The zero-order valence-electron chi connectivity index (χ0n) is 16.5. The summed E-state index contributed by atoms with van der Waals surface area (Å²) >= 11 is 1.53. The molecule has 4 amide bonds. The number of nitrogens with zero attached hydrogens (tertiary/aromatic N) is 3. The van der Waals surface area contributed by atoms with Crippen molar-refractivity contribution >= 4 is 34.3 Å². The third-order valence-corrected chi connectivity index (χ3v) is 7.45. The highest BCUT2D eigenvalue weighted by Crippen LogP contribution is 2.39. The zero-order valence-corrected chi connectivity index (χ0v) is 17.3. The average molecular weight is 405 g/mol. The Labute approximate surface area is 169 Å². The molecule has 28 heavy (non-hydrogen) atoms. The van der Waals surface area contributed by atoms with Gasteiger partial charge in [0.2, 0.25) is 5.91 Å². The smallest absolute Gasteiger partial charge is 0.313 e. The first-order valence-corrected chi connectivity index (χ1v) is 11.2. The van der Waals surface area contributed by atoms with Crippen molar-refractivity contribution in [2.45, 2.75) is 76.2 Å². The minimum Gasteiger partial charge on any atom is -0.313 e. The molecule has 8 heteroatoms. The van der Waals surface area contributed by atoms with Crippen LogP contribution in [-0.4, -0.2) is 51.8 Å². The van der Waals surface area contributed by atoms with Crippen LogP contribution in [0.4, 0.5) is 9.93 Å². The summed E-state index contributed by atoms with van der Waals surface area (Å²) in [7, 11) is 1.68. The molecule has 0 bridgehead atoms. The number of likely N-dealkylation sites (N-methyl/N-ethyl adjacent to an activating group) is 1. The number of aromatic nitrogens is 1. The molecule has 0 aromatic carbocycles. The van der Waals surface area contributed by atoms with E-state index in [1.165, 1.54) is 29.1 Å². The number of fused-ring (bicyclic) bond motifs is 1. The molecule has 1 aromatic rings. The number of carbonyl (C=O) groups excluding carboxylic acids is 3. The van der Waals surface area contributed by atoms with Crippen molar-refractivity contribution in [2.24, 2.45) is 0 Å². The van der Waals surface area contributed by atoms with Gasteiger partial charge in [0, 0.05) is 11.9 Å². The number of hydrogen-bond donors (Lipinski definition) is 1. The summed E-state index contributed by atoms with van der Waals surface area (Å²) in [6.07, 6.45) is 11.1. The molecule has 7 nitrogen and oxygen atoms in total. The normalized spacial score (nSPS) is 22.2. The Hall–Kier alpha value is -1.96. The van der Waals surface area contributed by atoms with Crippen molar-refractivity contribution in [1.82, 2.24) is 14.8 Å². The molecule has 3 aliphatic rings. The lowest BCUT2D eigenvalue weighted by molar-refractivity contribution is -0.136. The maximum absolute atomic E-state index is 13.0. The third-order valence-electron chi connectivity index (χ3n) is 6.38. The molecule has 1 aromatic heterocycles. The van der Waals surface area contributed by atoms with Gasteiger partial charge in [-0.15, -0.1) is 11.3 Å². The summed E-state index contributed by atoms with van der Waals surface area (Å²) in [5.74, 6) is -0.578. The van der Waals surface area contributed by atoms with E-state index in [9.17, 15) is 14.4 Å². The van der Waals surface area contributed by atoms with Crippen LogP contribution in [0, 0.1) is 0 Å². The highest BCUT2D eigenvalue weighted by atomic mass is 32.1. The second kappa shape index (κ2) is 7.81. The van der Waals surface area contributed by atoms with E-state index in [2.05, 4.69) is 10.3 Å². The number of aryl methyl sites for hydroxylation is 2. The minimum atomic E-state index is -0.744. The van der Waals surface area contributed by atoms with Crippen LogP contribution in [0.25, 0.3) is 0 Å². The fourth-order valence-electron chi connectivity index (χ4n) is 4.73. The van der Waals surface area contributed by atoms with E-state index in [-0.39, 0.29) is 24.4 Å². The van der Waals surface area contributed by atoms with Gasteiger partial charge in [-0.3, -0.25) is 14.5 Å². The number of rotatable bonds is 3. The van der Waals surface area contributed by atoms with Gasteiger partial charge < -0.3 is 10.2 Å². The Balaban J connectivity index is 1.43. The molecular weight excluding hydrogens is 376 g/mol. The van der Waals surface area contributed by atoms with Crippen molar-refractivity contribution < 1.29 is 14.4 Å². The van der Waals surface area contributed by atoms with Crippen LogP contribution < -0.4 is 5.32 Å². The van der Waals surface area contributed by atoms with Crippen LogP contribution >= 0.6 is 11.3 Å². The van der Waals surface area contributed by atoms with Gasteiger partial charge in [0.1, 0.15) is 12.1 Å². The lowest BCUT2D eigenvalue weighted by Gasteiger charge is -2.35. The molecule has 1 saturated carbocycles. The van der Waals surface area contributed by atoms with Crippen LogP contribution in [0.15, 0.2) is 0 Å². The summed E-state index contributed by atoms with van der Waals surface area (Å²) in [5.41, 5.74) is 0.348. The standard InChI is InChI=1S/C20H28N4O3S/c1-23-19(27)24(17(26)20(23)11-7-4-8-12-20)13-16(25)22-18-21-14-9-5-2-3-6-10-15(14)28-18/h2-13H2,1H3,(H,21,22,25). The first kappa shape index (κ1) is 19.4. The number of nitrogens with one attached hydrogen (secondary N) is 1. The Morgan fingerprint density at radius 1 is 1.07 bits per heavy atom. The molecule has 152 valence electrons. The fraction of sp³-hybridized carbons (Fsp3) is 0.700. The number of amides is 4. The molecule has 0 atom stereocenters. The molecule has 0 unspecified atom stereocenters. The largest absolute Gasteiger partial charge is 0.327 e. The van der Waals surface area contributed by atoms with Gasteiger partial charge in [-0.25, -0.2) is 9.78 Å². The van der Waals surface area contributed by atoms with Gasteiger partial charge in [0.15, 0.2) is 5.13 Å². The summed E-state index contributed by atoms with van der Waals surface area (Å²) in [6.45, 7) is -0.242. The van der Waals surface area contributed by atoms with Crippen molar-refractivity contribution in [3.05, 3.63) is 10.6 Å². The second-order valence-corrected chi connectivity index (χ2v) is 9.26. The Bertz CT molecular complexity index is 759. The van der Waals surface area contributed by atoms with Crippen LogP contribution in [0.1, 0.15) is 68.4 Å². The molecule has 4 rings (SSSR count). The number of imide groups is 1. The topological polar surface area (TPSA) is 82.6 Å². The van der Waals surface area contributed by atoms with E-state index in [4.69, 9.17) is 0 Å². The molecule has 0 radical (unpaired) electrons. The van der Waals surface area contributed by atoms with Gasteiger partial charge in [-0.2, -0.15) is 0 Å². The Morgan fingerprint density at radius 2 is 1.75 bits per heavy atom. The lowest BCUT2D eigenvalue weighted by Crippen LogP contribution is -2.49. The maximum Gasteiger partial charge on any atom is 0.327 e. The molecule has 2 aliphatic carbocycles. The molecular formula is C20H28N4O3S. The maximum atomic E-state index is 13.0. The van der Waals surface area contributed by atoms with Gasteiger partial charge in [-0.05, 0) is 38.5 Å². The van der Waals surface area contributed by atoms with Gasteiger partial charge >= 0.3 is 6.03 Å². The highest BCUT2D eigenvalue weighted by Gasteiger charge is 2.55. The second-order valence-electron chi connectivity index (χ2n) is 8.18. The first-order valence-electron chi connectivity index (χ1n) is 10.4. The quantitative estimate of drug-likeness (QED) is 0.784. The number of carbonyl (C=O) groups is 3. The lowest BCUT2D eigenvalue weighted by atomic mass is 9.81. The number of thiazole rings is 1. The van der Waals surface area contributed by atoms with Gasteiger partial charge in [-0.1, -0.05) is 32.1 Å². The summed E-state index contributed by atoms with van der Waals surface area (Å²) in [4.78, 5) is 46.7. The van der Waals surface area contributed by atoms with Crippen molar-refractivity contribution in [1.29, 1.82) is 0 Å². The third kappa shape index (κ3) is 3.43. The molecule has 1 aliphatic heterocycles. The van der Waals surface area contributed by atoms with E-state index in [1.54, 1.807) is 11.9 Å². The average Bonchev–Trinajstić information content (AvgIpc) is 3.11. The van der Waals surface area contributed by atoms with E-state index >= 15 is 0 Å². The summed E-state index contributed by atoms with van der Waals surface area (Å²) in [5, 5.41) is 3.40. The van der Waals surface area contributed by atoms with Gasteiger partial charge in [0.05, 0.1) is 5.69 Å². The first-order chi connectivity index (χ1) is 13.5. The van der Waals surface area contributed by atoms with Crippen LogP contribution in [-0.2, 0) is 22.4 Å². The van der Waals surface area contributed by atoms with Crippen molar-refractivity contribution in [3.8, 4) is 0 Å². The summed E-state index contributed by atoms with van der Waals surface area (Å²) < 4.78 is 0. The predicted octanol–water partition coefficient (Wildman–Crippen LogP) is 3.34. The van der Waals surface area contributed by atoms with Crippen LogP contribution in [0.5, 0.6) is 0 Å². The number of urea groups is 1. The Kier molecular flexibility index (Phi) is 5.40. The van der Waals surface area contributed by atoms with Crippen LogP contribution in [0.3, 0.4) is 0 Å². The van der Waals surface area contributed by atoms with Crippen molar-refractivity contribution in [3.63, 3.8) is 0 Å². The predicted molar refractivity (Wildman–Crippen MR) is 107 cm³/mol. The number of hydrogen-bond acceptors (Lipinski definition) is 5. The van der Waals surface area contributed by atoms with E-state index in [1.807, 2.05) is 0 Å². The molecule has 1 spiro atoms. The SMILES string of the molecule is CN1C(=O)N(CC(=O)Nc2nc3c(s2)CCCCCC3)C(=O)C12CCCCC2. The van der Waals surface area contributed by atoms with E-state index in [0.717, 1.165) is 55.5 Å². The molecule has 2 heterocycles. The fourth-order valence-corrected chi connectivity index (χ4v) is 5.80. The zero-order chi connectivity index (χ0) is 19.7. The summed E-state index contributed by atoms with van der Waals surface area (Å²) in [6, 6.07) is -0.367. The molecule has 2 fully saturated rings. The molecule has 1 N–H and O–H groups in total. The van der Waals surface area contributed by atoms with E-state index in [0.29, 0.717) is 18.0 Å². The van der Waals surface area contributed by atoms with Crippen molar-refractivity contribution in [2.75, 3.05) is 18.9 Å². The molecule has 1 saturated heterocycles. The Morgan fingerprint density at radius 3 is 2.50 bits per heavy atom. The number of anilines is 1. The minimum absolute atomic E-state index is 0.221.